The summed E-state index contributed by atoms with van der Waals surface area (Å²) in [7, 11) is 1.34. The van der Waals surface area contributed by atoms with Crippen LogP contribution >= 0.6 is 0 Å². The minimum Gasteiger partial charge on any atom is -0.494 e. The highest BCUT2D eigenvalue weighted by atomic mass is 19.2. The van der Waals surface area contributed by atoms with E-state index in [2.05, 4.69) is 26.0 Å². The third-order valence-electron chi connectivity index (χ3n) is 6.48. The van der Waals surface area contributed by atoms with Gasteiger partial charge in [0.1, 0.15) is 0 Å². The van der Waals surface area contributed by atoms with E-state index in [9.17, 15) is 8.78 Å². The minimum absolute atomic E-state index is 0.0691. The number of benzene rings is 2. The molecule has 1 fully saturated rings. The standard InChI is InChI=1S/C25H32F2O/c1-4-5-18-6-10-20(11-7-18)17(2)16-19-8-12-21(13-9-19)22-14-15-23(28-3)25(27)24(22)26/h8-9,12-15,17-18,20H,4-7,10-11,16H2,1-3H3. The molecular weight excluding hydrogens is 354 g/mol. The summed E-state index contributed by atoms with van der Waals surface area (Å²) in [6.07, 6.45) is 9.18. The van der Waals surface area contributed by atoms with Gasteiger partial charge in [0.05, 0.1) is 7.11 Å². The van der Waals surface area contributed by atoms with E-state index in [0.717, 1.165) is 18.3 Å². The fourth-order valence-corrected chi connectivity index (χ4v) is 4.73. The smallest absolute Gasteiger partial charge is 0.201 e. The number of hydrogen-bond acceptors (Lipinski definition) is 1. The van der Waals surface area contributed by atoms with Gasteiger partial charge in [0, 0.05) is 5.56 Å². The molecule has 1 unspecified atom stereocenters. The Morgan fingerprint density at radius 1 is 0.964 bits per heavy atom. The lowest BCUT2D eigenvalue weighted by molar-refractivity contribution is 0.206. The summed E-state index contributed by atoms with van der Waals surface area (Å²) in [6, 6.07) is 10.9. The van der Waals surface area contributed by atoms with Crippen molar-refractivity contribution >= 4 is 0 Å². The van der Waals surface area contributed by atoms with Crippen molar-refractivity contribution in [2.24, 2.45) is 17.8 Å². The first-order valence-corrected chi connectivity index (χ1v) is 10.6. The van der Waals surface area contributed by atoms with Crippen molar-refractivity contribution in [3.05, 3.63) is 53.6 Å². The van der Waals surface area contributed by atoms with E-state index in [4.69, 9.17) is 4.74 Å². The average Bonchev–Trinajstić information content (AvgIpc) is 2.71. The molecule has 3 rings (SSSR count). The number of hydrogen-bond donors (Lipinski definition) is 0. The molecule has 0 spiro atoms. The van der Waals surface area contributed by atoms with E-state index in [1.165, 1.54) is 57.3 Å². The van der Waals surface area contributed by atoms with Gasteiger partial charge in [-0.3, -0.25) is 0 Å². The molecule has 152 valence electrons. The molecule has 0 heterocycles. The van der Waals surface area contributed by atoms with Gasteiger partial charge in [0.15, 0.2) is 11.6 Å². The number of halogens is 2. The maximum atomic E-state index is 14.3. The van der Waals surface area contributed by atoms with Gasteiger partial charge in [0.2, 0.25) is 5.82 Å². The van der Waals surface area contributed by atoms with E-state index in [-0.39, 0.29) is 11.3 Å². The zero-order valence-electron chi connectivity index (χ0n) is 17.3. The lowest BCUT2D eigenvalue weighted by Crippen LogP contribution is -2.21. The van der Waals surface area contributed by atoms with E-state index in [1.54, 1.807) is 6.07 Å². The van der Waals surface area contributed by atoms with Crippen LogP contribution < -0.4 is 4.74 Å². The van der Waals surface area contributed by atoms with E-state index < -0.39 is 11.6 Å². The first kappa shape index (κ1) is 20.8. The van der Waals surface area contributed by atoms with Gasteiger partial charge >= 0.3 is 0 Å². The van der Waals surface area contributed by atoms with Crippen LogP contribution in [0.5, 0.6) is 5.75 Å². The number of methoxy groups -OCH3 is 1. The normalized spacial score (nSPS) is 20.8. The molecule has 0 N–H and O–H groups in total. The molecule has 1 aliphatic rings. The Labute approximate surface area is 168 Å². The zero-order chi connectivity index (χ0) is 20.1. The van der Waals surface area contributed by atoms with Crippen LogP contribution in [0.15, 0.2) is 36.4 Å². The van der Waals surface area contributed by atoms with Crippen LogP contribution in [-0.4, -0.2) is 7.11 Å². The van der Waals surface area contributed by atoms with Crippen molar-refractivity contribution in [2.45, 2.75) is 58.8 Å². The fraction of sp³-hybridized carbons (Fsp3) is 0.520. The average molecular weight is 387 g/mol. The van der Waals surface area contributed by atoms with Crippen LogP contribution in [0.25, 0.3) is 11.1 Å². The molecule has 2 aromatic rings. The Morgan fingerprint density at radius 2 is 1.64 bits per heavy atom. The van der Waals surface area contributed by atoms with Crippen molar-refractivity contribution in [1.82, 2.24) is 0 Å². The second kappa shape index (κ2) is 9.54. The van der Waals surface area contributed by atoms with Gasteiger partial charge in [-0.1, -0.05) is 63.8 Å². The number of rotatable bonds is 7. The molecule has 2 aromatic carbocycles. The maximum absolute atomic E-state index is 14.3. The minimum atomic E-state index is -0.934. The van der Waals surface area contributed by atoms with Gasteiger partial charge in [-0.2, -0.15) is 4.39 Å². The van der Waals surface area contributed by atoms with Crippen molar-refractivity contribution in [3.63, 3.8) is 0 Å². The second-order valence-electron chi connectivity index (χ2n) is 8.39. The highest BCUT2D eigenvalue weighted by molar-refractivity contribution is 5.65. The third-order valence-corrected chi connectivity index (χ3v) is 6.48. The summed E-state index contributed by atoms with van der Waals surface area (Å²) in [5.41, 5.74) is 2.23. The Hall–Kier alpha value is -1.90. The van der Waals surface area contributed by atoms with Crippen LogP contribution in [0.4, 0.5) is 8.78 Å². The third kappa shape index (κ3) is 4.74. The lowest BCUT2D eigenvalue weighted by Gasteiger charge is -2.32. The first-order valence-electron chi connectivity index (χ1n) is 10.6. The molecule has 28 heavy (non-hydrogen) atoms. The summed E-state index contributed by atoms with van der Waals surface area (Å²) in [5.74, 6) is 0.540. The van der Waals surface area contributed by atoms with Gasteiger partial charge in [-0.15, -0.1) is 0 Å². The number of ether oxygens (including phenoxy) is 1. The van der Waals surface area contributed by atoms with E-state index in [0.29, 0.717) is 11.5 Å². The van der Waals surface area contributed by atoms with Gasteiger partial charge in [-0.05, 0) is 60.3 Å². The van der Waals surface area contributed by atoms with Crippen LogP contribution in [-0.2, 0) is 6.42 Å². The molecule has 0 saturated heterocycles. The zero-order valence-corrected chi connectivity index (χ0v) is 17.3. The molecule has 1 aliphatic carbocycles. The van der Waals surface area contributed by atoms with Crippen LogP contribution in [0, 0.1) is 29.4 Å². The summed E-state index contributed by atoms with van der Waals surface area (Å²) in [4.78, 5) is 0. The Bertz CT molecular complexity index is 761. The second-order valence-corrected chi connectivity index (χ2v) is 8.39. The Balaban J connectivity index is 1.63. The molecule has 1 saturated carbocycles. The van der Waals surface area contributed by atoms with Crippen LogP contribution in [0.3, 0.4) is 0 Å². The molecule has 0 aliphatic heterocycles. The predicted octanol–water partition coefficient (Wildman–Crippen LogP) is 7.43. The lowest BCUT2D eigenvalue weighted by atomic mass is 9.73. The highest BCUT2D eigenvalue weighted by Gasteiger charge is 2.25. The van der Waals surface area contributed by atoms with E-state index in [1.807, 2.05) is 12.1 Å². The highest BCUT2D eigenvalue weighted by Crippen LogP contribution is 2.37. The molecule has 0 radical (unpaired) electrons. The molecule has 0 amide bonds. The Kier molecular flexibility index (Phi) is 7.09. The van der Waals surface area contributed by atoms with Crippen molar-refractivity contribution in [1.29, 1.82) is 0 Å². The van der Waals surface area contributed by atoms with Gasteiger partial charge < -0.3 is 4.74 Å². The predicted molar refractivity (Wildman–Crippen MR) is 112 cm³/mol. The monoisotopic (exact) mass is 386 g/mol. The van der Waals surface area contributed by atoms with Crippen LogP contribution in [0.2, 0.25) is 0 Å². The summed E-state index contributed by atoms with van der Waals surface area (Å²) in [5, 5.41) is 0. The van der Waals surface area contributed by atoms with Gasteiger partial charge in [-0.25, -0.2) is 4.39 Å². The molecule has 0 bridgehead atoms. The van der Waals surface area contributed by atoms with Crippen LogP contribution in [0.1, 0.15) is 57.9 Å². The van der Waals surface area contributed by atoms with Crippen molar-refractivity contribution < 1.29 is 13.5 Å². The molecule has 1 nitrogen and oxygen atoms in total. The molecular formula is C25H32F2O. The fourth-order valence-electron chi connectivity index (χ4n) is 4.73. The van der Waals surface area contributed by atoms with E-state index >= 15 is 0 Å². The largest absolute Gasteiger partial charge is 0.494 e. The van der Waals surface area contributed by atoms with Crippen molar-refractivity contribution in [2.75, 3.05) is 7.11 Å². The summed E-state index contributed by atoms with van der Waals surface area (Å²) >= 11 is 0. The first-order chi connectivity index (χ1) is 13.5. The molecule has 0 aromatic heterocycles. The molecule has 1 atom stereocenters. The molecule has 3 heteroatoms. The maximum Gasteiger partial charge on any atom is 0.201 e. The quantitative estimate of drug-likeness (QED) is 0.481. The SMILES string of the molecule is CCCC1CCC(C(C)Cc2ccc(-c3ccc(OC)c(F)c3F)cc2)CC1. The van der Waals surface area contributed by atoms with Crippen molar-refractivity contribution in [3.8, 4) is 16.9 Å². The Morgan fingerprint density at radius 3 is 2.25 bits per heavy atom. The topological polar surface area (TPSA) is 9.23 Å². The summed E-state index contributed by atoms with van der Waals surface area (Å²) < 4.78 is 33.1. The summed E-state index contributed by atoms with van der Waals surface area (Å²) in [6.45, 7) is 4.64. The van der Waals surface area contributed by atoms with Gasteiger partial charge in [0.25, 0.3) is 0 Å².